The number of carbonyl (C=O) groups is 1. The molecule has 0 spiro atoms. The fourth-order valence-corrected chi connectivity index (χ4v) is 2.87. The second-order valence-corrected chi connectivity index (χ2v) is 5.66. The number of carboxylic acids is 1. The van der Waals surface area contributed by atoms with Gasteiger partial charge in [-0.05, 0) is 5.92 Å². The lowest BCUT2D eigenvalue weighted by Gasteiger charge is -2.12. The molecule has 1 aliphatic heterocycles. The summed E-state index contributed by atoms with van der Waals surface area (Å²) in [7, 11) is 0. The number of nitrogens with zero attached hydrogens (tertiary/aromatic N) is 2. The highest BCUT2D eigenvalue weighted by molar-refractivity contribution is 5.71. The van der Waals surface area contributed by atoms with Crippen molar-refractivity contribution in [3.05, 3.63) is 42.1 Å². The molecule has 1 N–H and O–H groups in total. The van der Waals surface area contributed by atoms with Crippen molar-refractivity contribution in [1.82, 2.24) is 10.1 Å². The van der Waals surface area contributed by atoms with Crippen molar-refractivity contribution in [2.75, 3.05) is 13.1 Å². The Morgan fingerprint density at radius 1 is 1.38 bits per heavy atom. The van der Waals surface area contributed by atoms with Crippen LogP contribution in [-0.2, 0) is 11.3 Å². The lowest BCUT2D eigenvalue weighted by Crippen LogP contribution is -2.23. The number of aromatic nitrogens is 1. The number of likely N-dealkylation sites (tertiary alicyclic amines) is 1. The first-order chi connectivity index (χ1) is 10.1. The van der Waals surface area contributed by atoms with Crippen molar-refractivity contribution in [2.45, 2.75) is 13.5 Å². The molecular formula is C16H18N2O3. The van der Waals surface area contributed by atoms with Crippen LogP contribution in [-0.4, -0.2) is 34.2 Å². The van der Waals surface area contributed by atoms with E-state index in [1.54, 1.807) is 0 Å². The van der Waals surface area contributed by atoms with E-state index >= 15 is 0 Å². The van der Waals surface area contributed by atoms with E-state index in [2.05, 4.69) is 10.1 Å². The van der Waals surface area contributed by atoms with Gasteiger partial charge in [0.15, 0.2) is 5.76 Å². The summed E-state index contributed by atoms with van der Waals surface area (Å²) in [6.07, 6.45) is 0. The van der Waals surface area contributed by atoms with Gasteiger partial charge in [0.05, 0.1) is 11.6 Å². The summed E-state index contributed by atoms with van der Waals surface area (Å²) in [6, 6.07) is 11.7. The third-order valence-electron chi connectivity index (χ3n) is 4.01. The molecule has 0 saturated carbocycles. The van der Waals surface area contributed by atoms with Crippen LogP contribution in [0.25, 0.3) is 11.3 Å². The lowest BCUT2D eigenvalue weighted by atomic mass is 9.99. The Bertz CT molecular complexity index is 623. The number of benzene rings is 1. The highest BCUT2D eigenvalue weighted by atomic mass is 16.5. The molecule has 2 aromatic rings. The molecule has 2 heterocycles. The third kappa shape index (κ3) is 2.97. The van der Waals surface area contributed by atoms with Gasteiger partial charge < -0.3 is 9.63 Å². The van der Waals surface area contributed by atoms with Crippen molar-refractivity contribution in [3.63, 3.8) is 0 Å². The first kappa shape index (κ1) is 13.8. The minimum atomic E-state index is -0.713. The molecule has 1 saturated heterocycles. The van der Waals surface area contributed by atoms with Gasteiger partial charge in [0, 0.05) is 31.3 Å². The average molecular weight is 286 g/mol. The SMILES string of the molecule is C[C@@H]1CN(Cc2cc(-c3ccccc3)on2)C[C@H]1C(=O)O. The van der Waals surface area contributed by atoms with Crippen molar-refractivity contribution in [3.8, 4) is 11.3 Å². The van der Waals surface area contributed by atoms with Crippen LogP contribution in [0.15, 0.2) is 40.9 Å². The summed E-state index contributed by atoms with van der Waals surface area (Å²) in [5.41, 5.74) is 1.83. The Labute approximate surface area is 123 Å². The quantitative estimate of drug-likeness (QED) is 0.935. The van der Waals surface area contributed by atoms with Gasteiger partial charge in [0.2, 0.25) is 0 Å². The molecule has 1 fully saturated rings. The summed E-state index contributed by atoms with van der Waals surface area (Å²) < 4.78 is 5.37. The summed E-state index contributed by atoms with van der Waals surface area (Å²) in [5, 5.41) is 13.2. The molecule has 0 amide bonds. The van der Waals surface area contributed by atoms with Gasteiger partial charge in [-0.15, -0.1) is 0 Å². The molecule has 1 aromatic heterocycles. The van der Waals surface area contributed by atoms with Gasteiger partial charge in [-0.1, -0.05) is 42.4 Å². The smallest absolute Gasteiger partial charge is 0.308 e. The largest absolute Gasteiger partial charge is 0.481 e. The van der Waals surface area contributed by atoms with E-state index in [1.807, 2.05) is 43.3 Å². The molecule has 21 heavy (non-hydrogen) atoms. The van der Waals surface area contributed by atoms with Gasteiger partial charge >= 0.3 is 5.97 Å². The number of hydrogen-bond acceptors (Lipinski definition) is 4. The minimum absolute atomic E-state index is 0.169. The van der Waals surface area contributed by atoms with Crippen molar-refractivity contribution in [2.24, 2.45) is 11.8 Å². The van der Waals surface area contributed by atoms with Crippen LogP contribution in [0.1, 0.15) is 12.6 Å². The van der Waals surface area contributed by atoms with Crippen molar-refractivity contribution >= 4 is 5.97 Å². The first-order valence-electron chi connectivity index (χ1n) is 7.09. The fraction of sp³-hybridized carbons (Fsp3) is 0.375. The molecular weight excluding hydrogens is 268 g/mol. The number of carboxylic acid groups (broad SMARTS) is 1. The van der Waals surface area contributed by atoms with E-state index in [0.717, 1.165) is 23.6 Å². The maximum absolute atomic E-state index is 11.1. The third-order valence-corrected chi connectivity index (χ3v) is 4.01. The Kier molecular flexibility index (Phi) is 3.75. The highest BCUT2D eigenvalue weighted by Crippen LogP contribution is 2.26. The van der Waals surface area contributed by atoms with Gasteiger partial charge in [-0.2, -0.15) is 0 Å². The van der Waals surface area contributed by atoms with E-state index in [0.29, 0.717) is 13.1 Å². The second-order valence-electron chi connectivity index (χ2n) is 5.66. The van der Waals surface area contributed by atoms with Crippen LogP contribution in [0.3, 0.4) is 0 Å². The normalized spacial score (nSPS) is 22.5. The second kappa shape index (κ2) is 5.69. The molecule has 1 aliphatic rings. The van der Waals surface area contributed by atoms with E-state index < -0.39 is 5.97 Å². The van der Waals surface area contributed by atoms with Gasteiger partial charge in [0.25, 0.3) is 0 Å². The monoisotopic (exact) mass is 286 g/mol. The van der Waals surface area contributed by atoms with E-state index in [9.17, 15) is 4.79 Å². The van der Waals surface area contributed by atoms with Crippen LogP contribution in [0, 0.1) is 11.8 Å². The van der Waals surface area contributed by atoms with E-state index in [4.69, 9.17) is 9.63 Å². The predicted octanol–water partition coefficient (Wildman–Crippen LogP) is 2.49. The van der Waals surface area contributed by atoms with Crippen LogP contribution < -0.4 is 0 Å². The molecule has 0 unspecified atom stereocenters. The Morgan fingerprint density at radius 3 is 2.81 bits per heavy atom. The maximum Gasteiger partial charge on any atom is 0.308 e. The molecule has 3 rings (SSSR count). The topological polar surface area (TPSA) is 66.6 Å². The summed E-state index contributed by atoms with van der Waals surface area (Å²) in [4.78, 5) is 13.3. The Morgan fingerprint density at radius 2 is 2.14 bits per heavy atom. The lowest BCUT2D eigenvalue weighted by molar-refractivity contribution is -0.142. The first-order valence-corrected chi connectivity index (χ1v) is 7.09. The zero-order valence-corrected chi connectivity index (χ0v) is 11.9. The molecule has 0 bridgehead atoms. The predicted molar refractivity (Wildman–Crippen MR) is 77.5 cm³/mol. The van der Waals surface area contributed by atoms with Crippen LogP contribution >= 0.6 is 0 Å². The summed E-state index contributed by atoms with van der Waals surface area (Å²) in [6.45, 7) is 3.97. The molecule has 1 aromatic carbocycles. The number of aliphatic carboxylic acids is 1. The van der Waals surface area contributed by atoms with Crippen LogP contribution in [0.4, 0.5) is 0 Å². The molecule has 2 atom stereocenters. The van der Waals surface area contributed by atoms with Crippen LogP contribution in [0.5, 0.6) is 0 Å². The van der Waals surface area contributed by atoms with E-state index in [-0.39, 0.29) is 11.8 Å². The van der Waals surface area contributed by atoms with Gasteiger partial charge in [-0.25, -0.2) is 0 Å². The number of rotatable bonds is 4. The molecule has 110 valence electrons. The molecule has 5 heteroatoms. The zero-order chi connectivity index (χ0) is 14.8. The van der Waals surface area contributed by atoms with Crippen molar-refractivity contribution < 1.29 is 14.4 Å². The average Bonchev–Trinajstić information content (AvgIpc) is 3.07. The van der Waals surface area contributed by atoms with Gasteiger partial charge in [0.1, 0.15) is 0 Å². The Balaban J connectivity index is 1.67. The standard InChI is InChI=1S/C16H18N2O3/c1-11-8-18(10-14(11)16(19)20)9-13-7-15(21-17-13)12-5-3-2-4-6-12/h2-7,11,14H,8-10H2,1H3,(H,19,20)/t11-,14-/m1/s1. The number of hydrogen-bond donors (Lipinski definition) is 1. The van der Waals surface area contributed by atoms with Crippen molar-refractivity contribution in [1.29, 1.82) is 0 Å². The zero-order valence-electron chi connectivity index (χ0n) is 11.9. The molecule has 0 radical (unpaired) electrons. The minimum Gasteiger partial charge on any atom is -0.481 e. The molecule has 5 nitrogen and oxygen atoms in total. The molecule has 0 aliphatic carbocycles. The summed E-state index contributed by atoms with van der Waals surface area (Å²) >= 11 is 0. The maximum atomic E-state index is 11.1. The van der Waals surface area contributed by atoms with Crippen LogP contribution in [0.2, 0.25) is 0 Å². The Hall–Kier alpha value is -2.14. The highest BCUT2D eigenvalue weighted by Gasteiger charge is 2.34. The van der Waals surface area contributed by atoms with E-state index in [1.165, 1.54) is 0 Å². The van der Waals surface area contributed by atoms with Gasteiger partial charge in [-0.3, -0.25) is 9.69 Å². The summed E-state index contributed by atoms with van der Waals surface area (Å²) in [5.74, 6) is -0.0868. The fourth-order valence-electron chi connectivity index (χ4n) is 2.87.